The Morgan fingerprint density at radius 1 is 1.23 bits per heavy atom. The van der Waals surface area contributed by atoms with Gasteiger partial charge in [-0.2, -0.15) is 5.10 Å². The topological polar surface area (TPSA) is 41.4 Å². The van der Waals surface area contributed by atoms with Crippen LogP contribution < -0.4 is 10.5 Å². The van der Waals surface area contributed by atoms with E-state index in [1.165, 1.54) is 13.3 Å². The van der Waals surface area contributed by atoms with Crippen molar-refractivity contribution in [3.05, 3.63) is 41.8 Å². The van der Waals surface area contributed by atoms with Crippen LogP contribution in [0.4, 0.5) is 5.69 Å². The summed E-state index contributed by atoms with van der Waals surface area (Å²) in [5, 5.41) is 4.12. The van der Waals surface area contributed by atoms with Crippen molar-refractivity contribution in [1.29, 1.82) is 0 Å². The predicted octanol–water partition coefficient (Wildman–Crippen LogP) is 2.69. The van der Waals surface area contributed by atoms with Crippen LogP contribution in [0.3, 0.4) is 0 Å². The van der Waals surface area contributed by atoms with E-state index in [2.05, 4.69) is 58.9 Å². The van der Waals surface area contributed by atoms with Gasteiger partial charge in [0, 0.05) is 44.6 Å². The van der Waals surface area contributed by atoms with Gasteiger partial charge in [0.2, 0.25) is 0 Å². The second kappa shape index (κ2) is 6.82. The molecule has 3 rings (SSSR count). The monoisotopic (exact) mass is 446 g/mol. The Morgan fingerprint density at radius 3 is 2.59 bits per heavy atom. The maximum absolute atomic E-state index is 12.0. The van der Waals surface area contributed by atoms with Crippen molar-refractivity contribution >= 4 is 48.9 Å². The molecule has 118 valence electrons. The third kappa shape index (κ3) is 3.45. The molecule has 3 heterocycles. The van der Waals surface area contributed by atoms with Gasteiger partial charge in [0.15, 0.2) is 0 Å². The van der Waals surface area contributed by atoms with Crippen molar-refractivity contribution in [3.8, 4) is 0 Å². The second-order valence-electron chi connectivity index (χ2n) is 5.24. The molecule has 0 radical (unpaired) electrons. The zero-order valence-corrected chi connectivity index (χ0v) is 16.1. The third-order valence-corrected chi connectivity index (χ3v) is 6.13. The Kier molecular flexibility index (Phi) is 5.01. The molecule has 0 aromatic carbocycles. The van der Waals surface area contributed by atoms with Gasteiger partial charge in [-0.3, -0.25) is 9.69 Å². The molecule has 0 saturated carbocycles. The van der Waals surface area contributed by atoms with E-state index in [1.54, 1.807) is 24.6 Å². The molecule has 0 amide bonds. The van der Waals surface area contributed by atoms with Crippen LogP contribution in [0.1, 0.15) is 4.88 Å². The van der Waals surface area contributed by atoms with E-state index in [1.807, 2.05) is 0 Å². The second-order valence-corrected chi connectivity index (χ2v) is 8.58. The van der Waals surface area contributed by atoms with Crippen LogP contribution in [0.5, 0.6) is 0 Å². The Bertz CT molecular complexity index is 722. The Hall–Kier alpha value is -0.700. The predicted molar refractivity (Wildman–Crippen MR) is 96.7 cm³/mol. The lowest BCUT2D eigenvalue weighted by molar-refractivity contribution is 0.251. The van der Waals surface area contributed by atoms with Crippen molar-refractivity contribution in [2.45, 2.75) is 6.54 Å². The maximum Gasteiger partial charge on any atom is 0.282 e. The number of aromatic nitrogens is 2. The number of hydrogen-bond donors (Lipinski definition) is 0. The van der Waals surface area contributed by atoms with Crippen LogP contribution in [-0.2, 0) is 13.6 Å². The summed E-state index contributed by atoms with van der Waals surface area (Å²) in [6, 6.07) is 4.27. The summed E-state index contributed by atoms with van der Waals surface area (Å²) in [4.78, 5) is 18.0. The SMILES string of the molecule is Cn1ncc(N2CCN(Cc3ccc(Br)s3)CC2)c(Br)c1=O. The number of anilines is 1. The van der Waals surface area contributed by atoms with Gasteiger partial charge in [0.05, 0.1) is 15.7 Å². The highest BCUT2D eigenvalue weighted by Crippen LogP contribution is 2.25. The van der Waals surface area contributed by atoms with Crippen LogP contribution in [0, 0.1) is 0 Å². The van der Waals surface area contributed by atoms with Gasteiger partial charge in [0.1, 0.15) is 4.47 Å². The lowest BCUT2D eigenvalue weighted by Crippen LogP contribution is -2.46. The number of thiophene rings is 1. The molecule has 0 bridgehead atoms. The molecule has 0 N–H and O–H groups in total. The van der Waals surface area contributed by atoms with E-state index in [0.717, 1.165) is 38.4 Å². The first-order valence-corrected chi connectivity index (χ1v) is 9.38. The highest BCUT2D eigenvalue weighted by molar-refractivity contribution is 9.11. The standard InChI is InChI=1S/C14H16Br2N4OS/c1-18-14(21)13(16)11(8-17-18)20-6-4-19(5-7-20)9-10-2-3-12(15)22-10/h2-3,8H,4-7,9H2,1H3. The van der Waals surface area contributed by atoms with Gasteiger partial charge in [-0.25, -0.2) is 4.68 Å². The summed E-state index contributed by atoms with van der Waals surface area (Å²) in [5.74, 6) is 0. The van der Waals surface area contributed by atoms with Crippen LogP contribution in [0.25, 0.3) is 0 Å². The zero-order chi connectivity index (χ0) is 15.7. The van der Waals surface area contributed by atoms with Gasteiger partial charge in [-0.15, -0.1) is 11.3 Å². The average molecular weight is 448 g/mol. The molecule has 0 aliphatic carbocycles. The fourth-order valence-electron chi connectivity index (χ4n) is 2.53. The maximum atomic E-state index is 12.0. The molecule has 2 aromatic heterocycles. The van der Waals surface area contributed by atoms with Gasteiger partial charge >= 0.3 is 0 Å². The molecule has 1 fully saturated rings. The first kappa shape index (κ1) is 16.2. The number of halogens is 2. The van der Waals surface area contributed by atoms with Gasteiger partial charge in [0.25, 0.3) is 5.56 Å². The average Bonchev–Trinajstić information content (AvgIpc) is 2.91. The highest BCUT2D eigenvalue weighted by atomic mass is 79.9. The summed E-state index contributed by atoms with van der Waals surface area (Å²) in [7, 11) is 1.66. The first-order chi connectivity index (χ1) is 10.5. The van der Waals surface area contributed by atoms with E-state index in [4.69, 9.17) is 0 Å². The van der Waals surface area contributed by atoms with E-state index in [9.17, 15) is 4.79 Å². The van der Waals surface area contributed by atoms with E-state index >= 15 is 0 Å². The molecule has 1 aliphatic rings. The zero-order valence-electron chi connectivity index (χ0n) is 12.1. The molecule has 22 heavy (non-hydrogen) atoms. The van der Waals surface area contributed by atoms with Crippen molar-refractivity contribution in [3.63, 3.8) is 0 Å². The minimum Gasteiger partial charge on any atom is -0.367 e. The molecule has 0 atom stereocenters. The number of piperazine rings is 1. The Balaban J connectivity index is 1.64. The van der Waals surface area contributed by atoms with Crippen LogP contribution in [-0.4, -0.2) is 40.9 Å². The van der Waals surface area contributed by atoms with Gasteiger partial charge in [-0.05, 0) is 44.0 Å². The highest BCUT2D eigenvalue weighted by Gasteiger charge is 2.21. The molecule has 2 aromatic rings. The largest absolute Gasteiger partial charge is 0.367 e. The van der Waals surface area contributed by atoms with Crippen LogP contribution in [0.15, 0.2) is 31.4 Å². The number of aryl methyl sites for hydroxylation is 1. The van der Waals surface area contributed by atoms with Crippen molar-refractivity contribution in [2.75, 3.05) is 31.1 Å². The van der Waals surface area contributed by atoms with E-state index in [-0.39, 0.29) is 5.56 Å². The smallest absolute Gasteiger partial charge is 0.282 e. The molecule has 0 spiro atoms. The summed E-state index contributed by atoms with van der Waals surface area (Å²) in [6.07, 6.45) is 1.76. The third-order valence-electron chi connectivity index (χ3n) is 3.78. The Labute approximate surface area is 149 Å². The molecule has 0 unspecified atom stereocenters. The summed E-state index contributed by atoms with van der Waals surface area (Å²) in [5.41, 5.74) is 0.796. The van der Waals surface area contributed by atoms with Crippen LogP contribution in [0.2, 0.25) is 0 Å². The molecular formula is C14H16Br2N4OS. The normalized spacial score (nSPS) is 16.2. The van der Waals surface area contributed by atoms with Crippen molar-refractivity contribution in [2.24, 2.45) is 7.05 Å². The number of hydrogen-bond acceptors (Lipinski definition) is 5. The molecule has 1 saturated heterocycles. The molecule has 1 aliphatic heterocycles. The summed E-state index contributed by atoms with van der Waals surface area (Å²) < 4.78 is 3.12. The number of rotatable bonds is 3. The Morgan fingerprint density at radius 2 is 1.95 bits per heavy atom. The fraction of sp³-hybridized carbons (Fsp3) is 0.429. The number of nitrogens with zero attached hydrogens (tertiary/aromatic N) is 4. The molecule has 5 nitrogen and oxygen atoms in total. The van der Waals surface area contributed by atoms with Crippen molar-refractivity contribution in [1.82, 2.24) is 14.7 Å². The van der Waals surface area contributed by atoms with Crippen LogP contribution >= 0.6 is 43.2 Å². The first-order valence-electron chi connectivity index (χ1n) is 6.98. The van der Waals surface area contributed by atoms with E-state index < -0.39 is 0 Å². The van der Waals surface area contributed by atoms with E-state index in [0.29, 0.717) is 4.47 Å². The molecule has 8 heteroatoms. The minimum atomic E-state index is -0.0941. The summed E-state index contributed by atoms with van der Waals surface area (Å²) in [6.45, 7) is 4.76. The van der Waals surface area contributed by atoms with Gasteiger partial charge in [-0.1, -0.05) is 0 Å². The lowest BCUT2D eigenvalue weighted by Gasteiger charge is -2.36. The fourth-order valence-corrected chi connectivity index (χ4v) is 4.66. The minimum absolute atomic E-state index is 0.0941. The van der Waals surface area contributed by atoms with Crippen molar-refractivity contribution < 1.29 is 0 Å². The quantitative estimate of drug-likeness (QED) is 0.725. The van der Waals surface area contributed by atoms with Gasteiger partial charge < -0.3 is 4.90 Å². The molecular weight excluding hydrogens is 432 g/mol. The lowest BCUT2D eigenvalue weighted by atomic mass is 10.2. The summed E-state index contributed by atoms with van der Waals surface area (Å²) >= 11 is 8.70.